The van der Waals surface area contributed by atoms with E-state index in [0.717, 1.165) is 15.6 Å². The second-order valence-electron chi connectivity index (χ2n) is 7.61. The van der Waals surface area contributed by atoms with Gasteiger partial charge in [0.15, 0.2) is 0 Å². The fraction of sp³-hybridized carbons (Fsp3) is 0.688. The summed E-state index contributed by atoms with van der Waals surface area (Å²) in [7, 11) is -4.07. The summed E-state index contributed by atoms with van der Waals surface area (Å²) in [5, 5.41) is 0. The third-order valence-corrected chi connectivity index (χ3v) is 8.04. The van der Waals surface area contributed by atoms with Gasteiger partial charge in [-0.05, 0) is 26.8 Å². The molecular weight excluding hydrogens is 454 g/mol. The molecule has 2 aliphatic rings. The Hall–Kier alpha value is -0.650. The maximum absolute atomic E-state index is 15.1. The third-order valence-electron chi connectivity index (χ3n) is 4.39. The maximum atomic E-state index is 15.1. The Balaban J connectivity index is 1.84. The van der Waals surface area contributed by atoms with Crippen molar-refractivity contribution in [1.29, 1.82) is 0 Å². The molecule has 0 spiro atoms. The van der Waals surface area contributed by atoms with Crippen LogP contribution in [0.2, 0.25) is 8.67 Å². The topological polar surface area (TPSA) is 76.2 Å². The molecule has 0 N–H and O–H groups in total. The molecule has 3 atom stereocenters. The molecule has 1 aromatic heterocycles. The Labute approximate surface area is 177 Å². The number of halogens is 3. The van der Waals surface area contributed by atoms with E-state index < -0.39 is 40.0 Å². The van der Waals surface area contributed by atoms with E-state index in [1.54, 1.807) is 20.8 Å². The van der Waals surface area contributed by atoms with E-state index in [4.69, 9.17) is 32.7 Å². The van der Waals surface area contributed by atoms with Gasteiger partial charge in [0.25, 0.3) is 0 Å². The highest BCUT2D eigenvalue weighted by Gasteiger charge is 2.50. The number of carbonyl (C=O) groups excluding carboxylic acids is 1. The highest BCUT2D eigenvalue weighted by atomic mass is 35.5. The Kier molecular flexibility index (Phi) is 6.21. The molecule has 28 heavy (non-hydrogen) atoms. The van der Waals surface area contributed by atoms with Gasteiger partial charge in [-0.2, -0.15) is 4.31 Å². The second-order valence-corrected chi connectivity index (χ2v) is 11.7. The van der Waals surface area contributed by atoms with Crippen LogP contribution in [0.3, 0.4) is 0 Å². The van der Waals surface area contributed by atoms with Crippen LogP contribution in [0, 0.1) is 0 Å². The van der Waals surface area contributed by atoms with Gasteiger partial charge in [-0.25, -0.2) is 17.6 Å². The monoisotopic (exact) mass is 474 g/mol. The van der Waals surface area contributed by atoms with E-state index in [2.05, 4.69) is 0 Å². The van der Waals surface area contributed by atoms with Crippen molar-refractivity contribution in [3.8, 4) is 0 Å². The molecule has 3 heterocycles. The van der Waals surface area contributed by atoms with Crippen LogP contribution in [0.15, 0.2) is 11.0 Å². The fourth-order valence-corrected chi connectivity index (χ4v) is 7.06. The van der Waals surface area contributed by atoms with E-state index in [9.17, 15) is 13.2 Å². The predicted octanol–water partition coefficient (Wildman–Crippen LogP) is 3.40. The van der Waals surface area contributed by atoms with E-state index >= 15 is 4.39 Å². The predicted molar refractivity (Wildman–Crippen MR) is 104 cm³/mol. The quantitative estimate of drug-likeness (QED) is 0.656. The zero-order valence-electron chi connectivity index (χ0n) is 15.5. The summed E-state index contributed by atoms with van der Waals surface area (Å²) >= 11 is 12.8. The van der Waals surface area contributed by atoms with Gasteiger partial charge in [0.2, 0.25) is 10.0 Å². The number of fused-ring (bicyclic) bond motifs is 1. The lowest BCUT2D eigenvalue weighted by molar-refractivity contribution is -0.105. The van der Waals surface area contributed by atoms with Crippen LogP contribution >= 0.6 is 34.5 Å². The number of ether oxygens (including phenoxy) is 2. The van der Waals surface area contributed by atoms with Crippen molar-refractivity contribution >= 4 is 50.7 Å². The van der Waals surface area contributed by atoms with Gasteiger partial charge < -0.3 is 14.4 Å². The minimum Gasteiger partial charge on any atom is -0.444 e. The lowest BCUT2D eigenvalue weighted by atomic mass is 9.99. The molecule has 0 saturated carbocycles. The SMILES string of the molecule is CC(C)(C)OC(=O)N1CC(F)C2C(C1)OCCN2S(=O)(=O)c1cc(Cl)sc1Cl. The molecular formula is C16H21Cl2FN2O5S2. The number of carbonyl (C=O) groups is 1. The molecule has 3 unspecified atom stereocenters. The summed E-state index contributed by atoms with van der Waals surface area (Å²) in [5.41, 5.74) is -0.725. The number of morpholine rings is 1. The first-order valence-electron chi connectivity index (χ1n) is 8.60. The van der Waals surface area contributed by atoms with E-state index in [-0.39, 0.29) is 39.8 Å². The minimum absolute atomic E-state index is 0.0137. The zero-order valence-corrected chi connectivity index (χ0v) is 18.7. The highest BCUT2D eigenvalue weighted by molar-refractivity contribution is 7.89. The number of alkyl halides is 1. The first-order chi connectivity index (χ1) is 12.9. The number of likely N-dealkylation sites (tertiary alicyclic amines) is 1. The molecule has 0 aromatic carbocycles. The van der Waals surface area contributed by atoms with E-state index in [1.807, 2.05) is 0 Å². The Morgan fingerprint density at radius 2 is 2.04 bits per heavy atom. The lowest BCUT2D eigenvalue weighted by Crippen LogP contribution is -2.66. The molecule has 158 valence electrons. The molecule has 0 radical (unpaired) electrons. The average molecular weight is 475 g/mol. The molecule has 0 bridgehead atoms. The van der Waals surface area contributed by atoms with Crippen LogP contribution in [0.5, 0.6) is 0 Å². The van der Waals surface area contributed by atoms with Crippen LogP contribution in [0.25, 0.3) is 0 Å². The summed E-state index contributed by atoms with van der Waals surface area (Å²) in [6.45, 7) is 4.95. The fourth-order valence-electron chi connectivity index (χ4n) is 3.29. The van der Waals surface area contributed by atoms with Crippen molar-refractivity contribution in [3.05, 3.63) is 14.7 Å². The van der Waals surface area contributed by atoms with E-state index in [0.29, 0.717) is 0 Å². The van der Waals surface area contributed by atoms with Crippen molar-refractivity contribution in [1.82, 2.24) is 9.21 Å². The highest BCUT2D eigenvalue weighted by Crippen LogP contribution is 2.38. The van der Waals surface area contributed by atoms with Gasteiger partial charge in [0.1, 0.15) is 21.0 Å². The number of hydrogen-bond donors (Lipinski definition) is 0. The summed E-state index contributed by atoms with van der Waals surface area (Å²) in [5.74, 6) is 0. The smallest absolute Gasteiger partial charge is 0.410 e. The van der Waals surface area contributed by atoms with Gasteiger partial charge in [0.05, 0.1) is 36.2 Å². The molecule has 12 heteroatoms. The Morgan fingerprint density at radius 3 is 2.61 bits per heavy atom. The normalized spacial score (nSPS) is 26.8. The lowest BCUT2D eigenvalue weighted by Gasteiger charge is -2.47. The molecule has 2 saturated heterocycles. The Bertz CT molecular complexity index is 858. The summed E-state index contributed by atoms with van der Waals surface area (Å²) in [6.07, 6.45) is -3.12. The number of thiophene rings is 1. The molecule has 1 amide bonds. The molecule has 2 aliphatic heterocycles. The van der Waals surface area contributed by atoms with Crippen LogP contribution in [-0.4, -0.2) is 73.9 Å². The number of amides is 1. The first kappa shape index (κ1) is 22.0. The van der Waals surface area contributed by atoms with Crippen LogP contribution < -0.4 is 0 Å². The number of hydrogen-bond acceptors (Lipinski definition) is 6. The van der Waals surface area contributed by atoms with Crippen molar-refractivity contribution in [2.24, 2.45) is 0 Å². The Morgan fingerprint density at radius 1 is 1.36 bits per heavy atom. The zero-order chi connectivity index (χ0) is 20.9. The molecule has 0 aliphatic carbocycles. The largest absolute Gasteiger partial charge is 0.444 e. The first-order valence-corrected chi connectivity index (χ1v) is 11.6. The number of nitrogens with zero attached hydrogens (tertiary/aromatic N) is 2. The van der Waals surface area contributed by atoms with Crippen LogP contribution in [-0.2, 0) is 19.5 Å². The molecule has 2 fully saturated rings. The molecule has 7 nitrogen and oxygen atoms in total. The molecule has 3 rings (SSSR count). The maximum Gasteiger partial charge on any atom is 0.410 e. The number of rotatable bonds is 2. The van der Waals surface area contributed by atoms with Gasteiger partial charge >= 0.3 is 6.09 Å². The molecule has 1 aromatic rings. The summed E-state index contributed by atoms with van der Waals surface area (Å²) < 4.78 is 53.5. The van der Waals surface area contributed by atoms with Crippen molar-refractivity contribution in [3.63, 3.8) is 0 Å². The minimum atomic E-state index is -4.07. The van der Waals surface area contributed by atoms with Crippen molar-refractivity contribution < 1.29 is 27.1 Å². The van der Waals surface area contributed by atoms with E-state index in [1.165, 1.54) is 11.0 Å². The third kappa shape index (κ3) is 4.41. The van der Waals surface area contributed by atoms with Crippen molar-refractivity contribution in [2.45, 2.75) is 49.6 Å². The van der Waals surface area contributed by atoms with Gasteiger partial charge in [-0.3, -0.25) is 0 Å². The van der Waals surface area contributed by atoms with Gasteiger partial charge in [-0.1, -0.05) is 23.2 Å². The number of piperidine rings is 1. The van der Waals surface area contributed by atoms with Crippen LogP contribution in [0.4, 0.5) is 9.18 Å². The van der Waals surface area contributed by atoms with Crippen LogP contribution in [0.1, 0.15) is 20.8 Å². The standard InChI is InChI=1S/C16H21Cl2FN2O5S2/c1-16(2,3)26-15(22)20-7-9(19)13-10(8-20)25-5-4-21(13)28(23,24)11-6-12(17)27-14(11)18/h6,9-10,13H,4-5,7-8H2,1-3H3. The summed E-state index contributed by atoms with van der Waals surface area (Å²) in [4.78, 5) is 13.4. The number of sulfonamides is 1. The van der Waals surface area contributed by atoms with Gasteiger partial charge in [-0.15, -0.1) is 11.3 Å². The summed E-state index contributed by atoms with van der Waals surface area (Å²) in [6, 6.07) is 0.199. The van der Waals surface area contributed by atoms with Crippen molar-refractivity contribution in [2.75, 3.05) is 26.2 Å². The second kappa shape index (κ2) is 7.88. The average Bonchev–Trinajstić information content (AvgIpc) is 2.91. The van der Waals surface area contributed by atoms with Gasteiger partial charge in [0, 0.05) is 6.54 Å².